The molecule has 30 heavy (non-hydrogen) atoms. The highest BCUT2D eigenvalue weighted by Crippen LogP contribution is 2.22. The normalized spacial score (nSPS) is 15.5. The molecule has 1 saturated heterocycles. The summed E-state index contributed by atoms with van der Waals surface area (Å²) in [6.07, 6.45) is 2.53. The number of benzene rings is 1. The second-order valence-corrected chi connectivity index (χ2v) is 8.98. The first-order valence-electron chi connectivity index (χ1n) is 10.9. The van der Waals surface area contributed by atoms with Crippen molar-refractivity contribution in [3.8, 4) is 0 Å². The van der Waals surface area contributed by atoms with Crippen LogP contribution in [0.1, 0.15) is 62.9 Å². The van der Waals surface area contributed by atoms with Gasteiger partial charge in [-0.15, -0.1) is 0 Å². The Balaban J connectivity index is 1.69. The molecule has 0 aliphatic carbocycles. The topological polar surface area (TPSA) is 90.5 Å². The Morgan fingerprint density at radius 2 is 1.63 bits per heavy atom. The lowest BCUT2D eigenvalue weighted by atomic mass is 9.87. The Hall–Kier alpha value is -2.41. The smallest absolute Gasteiger partial charge is 0.251 e. The van der Waals surface area contributed by atoms with Crippen LogP contribution in [0, 0.1) is 0 Å². The van der Waals surface area contributed by atoms with Gasteiger partial charge in [0.05, 0.1) is 13.1 Å². The minimum absolute atomic E-state index is 0.0315. The van der Waals surface area contributed by atoms with E-state index in [1.807, 2.05) is 19.1 Å². The molecule has 0 bridgehead atoms. The van der Waals surface area contributed by atoms with Crippen LogP contribution in [0.25, 0.3) is 0 Å². The van der Waals surface area contributed by atoms with Crippen LogP contribution >= 0.6 is 0 Å². The van der Waals surface area contributed by atoms with Crippen molar-refractivity contribution in [1.82, 2.24) is 20.9 Å². The average molecular weight is 417 g/mol. The molecular weight excluding hydrogens is 380 g/mol. The zero-order valence-corrected chi connectivity index (χ0v) is 18.7. The van der Waals surface area contributed by atoms with Gasteiger partial charge >= 0.3 is 0 Å². The van der Waals surface area contributed by atoms with E-state index in [2.05, 4.69) is 41.6 Å². The molecule has 0 aromatic heterocycles. The van der Waals surface area contributed by atoms with Gasteiger partial charge in [-0.05, 0) is 42.4 Å². The maximum Gasteiger partial charge on any atom is 0.251 e. The van der Waals surface area contributed by atoms with Gasteiger partial charge in [0.2, 0.25) is 11.8 Å². The van der Waals surface area contributed by atoms with Crippen LogP contribution in [-0.2, 0) is 15.0 Å². The molecule has 0 saturated carbocycles. The van der Waals surface area contributed by atoms with Crippen molar-refractivity contribution < 1.29 is 14.4 Å². The molecule has 3 amide bonds. The van der Waals surface area contributed by atoms with Gasteiger partial charge in [-0.25, -0.2) is 0 Å². The third-order valence-corrected chi connectivity index (χ3v) is 5.31. The van der Waals surface area contributed by atoms with Crippen molar-refractivity contribution in [2.45, 2.75) is 58.4 Å². The molecule has 1 aromatic carbocycles. The summed E-state index contributed by atoms with van der Waals surface area (Å²) in [5.74, 6) is -0.384. The SMILES string of the molecule is CCCNC(=O)CN1CCC(NC(=O)CNC(=O)c2ccc(C(C)(C)C)cc2)CC1. The lowest BCUT2D eigenvalue weighted by molar-refractivity contribution is -0.123. The summed E-state index contributed by atoms with van der Waals surface area (Å²) in [6, 6.07) is 7.56. The Labute approximate surface area is 180 Å². The van der Waals surface area contributed by atoms with E-state index in [1.54, 1.807) is 12.1 Å². The molecule has 166 valence electrons. The van der Waals surface area contributed by atoms with Gasteiger partial charge in [-0.1, -0.05) is 39.8 Å². The summed E-state index contributed by atoms with van der Waals surface area (Å²) >= 11 is 0. The molecule has 0 atom stereocenters. The number of carbonyl (C=O) groups is 3. The molecule has 7 heteroatoms. The van der Waals surface area contributed by atoms with Crippen LogP contribution in [0.3, 0.4) is 0 Å². The van der Waals surface area contributed by atoms with E-state index in [-0.39, 0.29) is 35.7 Å². The van der Waals surface area contributed by atoms with E-state index in [4.69, 9.17) is 0 Å². The molecule has 0 radical (unpaired) electrons. The Morgan fingerprint density at radius 3 is 2.20 bits per heavy atom. The first-order valence-corrected chi connectivity index (χ1v) is 10.9. The monoisotopic (exact) mass is 416 g/mol. The van der Waals surface area contributed by atoms with Crippen LogP contribution in [0.5, 0.6) is 0 Å². The van der Waals surface area contributed by atoms with E-state index in [0.717, 1.165) is 37.9 Å². The van der Waals surface area contributed by atoms with Crippen molar-refractivity contribution in [1.29, 1.82) is 0 Å². The second kappa shape index (κ2) is 11.1. The predicted molar refractivity (Wildman–Crippen MR) is 118 cm³/mol. The quantitative estimate of drug-likeness (QED) is 0.603. The average Bonchev–Trinajstić information content (AvgIpc) is 2.71. The molecule has 1 aliphatic heterocycles. The first kappa shape index (κ1) is 23.9. The first-order chi connectivity index (χ1) is 14.2. The van der Waals surface area contributed by atoms with Crippen LogP contribution in [0.15, 0.2) is 24.3 Å². The van der Waals surface area contributed by atoms with Gasteiger partial charge in [0, 0.05) is 31.2 Å². The van der Waals surface area contributed by atoms with Crippen molar-refractivity contribution in [2.24, 2.45) is 0 Å². The summed E-state index contributed by atoms with van der Waals surface area (Å²) in [5.41, 5.74) is 1.74. The summed E-state index contributed by atoms with van der Waals surface area (Å²) in [6.45, 7) is 11.0. The van der Waals surface area contributed by atoms with E-state index in [9.17, 15) is 14.4 Å². The number of hydrogen-bond donors (Lipinski definition) is 3. The number of nitrogens with one attached hydrogen (secondary N) is 3. The fourth-order valence-corrected chi connectivity index (χ4v) is 3.42. The Bertz CT molecular complexity index is 717. The lowest BCUT2D eigenvalue weighted by Gasteiger charge is -2.31. The highest BCUT2D eigenvalue weighted by atomic mass is 16.2. The van der Waals surface area contributed by atoms with Gasteiger partial charge in [0.25, 0.3) is 5.91 Å². The molecular formula is C23H36N4O3. The molecule has 2 rings (SSSR count). The number of rotatable bonds is 8. The van der Waals surface area contributed by atoms with Crippen LogP contribution in [0.4, 0.5) is 0 Å². The van der Waals surface area contributed by atoms with E-state index in [1.165, 1.54) is 0 Å². The Morgan fingerprint density at radius 1 is 1.00 bits per heavy atom. The maximum atomic E-state index is 12.3. The van der Waals surface area contributed by atoms with Gasteiger partial charge in [-0.3, -0.25) is 19.3 Å². The van der Waals surface area contributed by atoms with Gasteiger partial charge in [0.1, 0.15) is 0 Å². The molecule has 7 nitrogen and oxygen atoms in total. The summed E-state index contributed by atoms with van der Waals surface area (Å²) in [4.78, 5) is 38.4. The third kappa shape index (κ3) is 7.78. The second-order valence-electron chi connectivity index (χ2n) is 8.98. The summed E-state index contributed by atoms with van der Waals surface area (Å²) in [5, 5.41) is 8.55. The van der Waals surface area contributed by atoms with Crippen molar-refractivity contribution in [3.63, 3.8) is 0 Å². The molecule has 1 fully saturated rings. The molecule has 1 heterocycles. The number of likely N-dealkylation sites (tertiary alicyclic amines) is 1. The standard InChI is InChI=1S/C23H36N4O3/c1-5-12-24-21(29)16-27-13-10-19(11-14-27)26-20(28)15-25-22(30)17-6-8-18(9-7-17)23(2,3)4/h6-9,19H,5,10-16H2,1-4H3,(H,24,29)(H,25,30)(H,26,28). The fraction of sp³-hybridized carbons (Fsp3) is 0.609. The van der Waals surface area contributed by atoms with E-state index >= 15 is 0 Å². The minimum atomic E-state index is -0.251. The molecule has 0 spiro atoms. The third-order valence-electron chi connectivity index (χ3n) is 5.31. The predicted octanol–water partition coefficient (Wildman–Crippen LogP) is 1.82. The maximum absolute atomic E-state index is 12.3. The molecule has 3 N–H and O–H groups in total. The van der Waals surface area contributed by atoms with Gasteiger partial charge in [-0.2, -0.15) is 0 Å². The van der Waals surface area contributed by atoms with Gasteiger partial charge < -0.3 is 16.0 Å². The number of amides is 3. The minimum Gasteiger partial charge on any atom is -0.355 e. The highest BCUT2D eigenvalue weighted by Gasteiger charge is 2.22. The summed E-state index contributed by atoms with van der Waals surface area (Å²) in [7, 11) is 0. The van der Waals surface area contributed by atoms with Crippen molar-refractivity contribution >= 4 is 17.7 Å². The summed E-state index contributed by atoms with van der Waals surface area (Å²) < 4.78 is 0. The number of nitrogens with zero attached hydrogens (tertiary/aromatic N) is 1. The zero-order chi connectivity index (χ0) is 22.1. The molecule has 1 aromatic rings. The fourth-order valence-electron chi connectivity index (χ4n) is 3.42. The number of hydrogen-bond acceptors (Lipinski definition) is 4. The van der Waals surface area contributed by atoms with Crippen LogP contribution in [0.2, 0.25) is 0 Å². The van der Waals surface area contributed by atoms with E-state index < -0.39 is 0 Å². The number of piperidine rings is 1. The lowest BCUT2D eigenvalue weighted by Crippen LogP contribution is -2.49. The Kier molecular flexibility index (Phi) is 8.84. The van der Waals surface area contributed by atoms with Crippen molar-refractivity contribution in [3.05, 3.63) is 35.4 Å². The van der Waals surface area contributed by atoms with Crippen LogP contribution in [-0.4, -0.2) is 61.4 Å². The molecule has 1 aliphatic rings. The zero-order valence-electron chi connectivity index (χ0n) is 18.7. The highest BCUT2D eigenvalue weighted by molar-refractivity contribution is 5.96. The van der Waals surface area contributed by atoms with E-state index in [0.29, 0.717) is 18.7 Å². The molecule has 0 unspecified atom stereocenters. The largest absolute Gasteiger partial charge is 0.355 e. The van der Waals surface area contributed by atoms with Crippen LogP contribution < -0.4 is 16.0 Å². The number of carbonyl (C=O) groups excluding carboxylic acids is 3. The van der Waals surface area contributed by atoms with Crippen molar-refractivity contribution in [2.75, 3.05) is 32.7 Å². The van der Waals surface area contributed by atoms with Gasteiger partial charge in [0.15, 0.2) is 0 Å².